The fraction of sp³-hybridized carbons (Fsp3) is 0. The average Bonchev–Trinajstić information content (AvgIpc) is 2.68. The summed E-state index contributed by atoms with van der Waals surface area (Å²) in [7, 11) is 0. The molecule has 0 aliphatic heterocycles. The Hall–Kier alpha value is -2.41. The third kappa shape index (κ3) is 1.80. The van der Waals surface area contributed by atoms with Gasteiger partial charge in [0.05, 0.1) is 0 Å². The highest BCUT2D eigenvalue weighted by atomic mass is 16.1. The van der Waals surface area contributed by atoms with E-state index in [1.807, 2.05) is 72.8 Å². The van der Waals surface area contributed by atoms with E-state index in [2.05, 4.69) is 0 Å². The maximum atomic E-state index is 12.4. The number of benzene rings is 1. The van der Waals surface area contributed by atoms with Gasteiger partial charge in [0.15, 0.2) is 5.78 Å². The van der Waals surface area contributed by atoms with Crippen LogP contribution < -0.4 is 0 Å². The minimum atomic E-state index is 0.0804. The zero-order chi connectivity index (χ0) is 12.4. The Morgan fingerprint density at radius 1 is 0.667 bits per heavy atom. The first-order valence-electron chi connectivity index (χ1n) is 5.94. The smallest absolute Gasteiger partial charge is 0.193 e. The zero-order valence-corrected chi connectivity index (χ0v) is 9.84. The van der Waals surface area contributed by atoms with Gasteiger partial charge < -0.3 is 0 Å². The van der Waals surface area contributed by atoms with Crippen molar-refractivity contribution in [2.75, 3.05) is 0 Å². The minimum Gasteiger partial charge on any atom is -0.289 e. The number of carbonyl (C=O) groups is 1. The van der Waals surface area contributed by atoms with Crippen LogP contribution in [0.4, 0.5) is 0 Å². The summed E-state index contributed by atoms with van der Waals surface area (Å²) in [6.07, 6.45) is 0. The number of hydrogen-bond donors (Lipinski definition) is 0. The predicted molar refractivity (Wildman–Crippen MR) is 72.9 cm³/mol. The van der Waals surface area contributed by atoms with E-state index in [4.69, 9.17) is 0 Å². The SMILES string of the molecule is O=C(c1ccccc1)c1ccc2cccccc1-2. The van der Waals surface area contributed by atoms with E-state index in [9.17, 15) is 4.79 Å². The summed E-state index contributed by atoms with van der Waals surface area (Å²) in [4.78, 5) is 12.4. The Bertz CT molecular complexity index is 656. The van der Waals surface area contributed by atoms with Gasteiger partial charge in [-0.15, -0.1) is 0 Å². The molecule has 0 aromatic heterocycles. The fourth-order valence-corrected chi connectivity index (χ4v) is 2.16. The van der Waals surface area contributed by atoms with Gasteiger partial charge in [-0.3, -0.25) is 4.79 Å². The van der Waals surface area contributed by atoms with Crippen molar-refractivity contribution in [3.8, 4) is 11.1 Å². The van der Waals surface area contributed by atoms with Crippen LogP contribution >= 0.6 is 0 Å². The molecule has 1 nitrogen and oxygen atoms in total. The van der Waals surface area contributed by atoms with Crippen molar-refractivity contribution in [3.63, 3.8) is 0 Å². The zero-order valence-electron chi connectivity index (χ0n) is 9.84. The molecule has 0 saturated carbocycles. The summed E-state index contributed by atoms with van der Waals surface area (Å²) in [6.45, 7) is 0. The second kappa shape index (κ2) is 4.46. The molecule has 0 bridgehead atoms. The minimum absolute atomic E-state index is 0.0804. The third-order valence-corrected chi connectivity index (χ3v) is 3.07. The summed E-state index contributed by atoms with van der Waals surface area (Å²) < 4.78 is 0. The van der Waals surface area contributed by atoms with Gasteiger partial charge in [0.2, 0.25) is 0 Å². The topological polar surface area (TPSA) is 17.1 Å². The summed E-state index contributed by atoms with van der Waals surface area (Å²) >= 11 is 0. The standard InChI is InChI=1S/C17H12O/c18-17(14-8-4-1-5-9-14)16-12-11-13-7-3-2-6-10-15(13)16/h1-12H. The summed E-state index contributed by atoms with van der Waals surface area (Å²) in [5, 5.41) is 0. The molecule has 2 aliphatic rings. The second-order valence-electron chi connectivity index (χ2n) is 4.22. The molecule has 0 unspecified atom stereocenters. The second-order valence-corrected chi connectivity index (χ2v) is 4.22. The van der Waals surface area contributed by atoms with Gasteiger partial charge in [0.25, 0.3) is 0 Å². The van der Waals surface area contributed by atoms with Crippen LogP contribution in [-0.2, 0) is 0 Å². The van der Waals surface area contributed by atoms with Crippen LogP contribution in [0, 0.1) is 0 Å². The first-order chi connectivity index (χ1) is 8.86. The molecular formula is C17H12O. The first kappa shape index (κ1) is 10.7. The van der Waals surface area contributed by atoms with Gasteiger partial charge >= 0.3 is 0 Å². The number of carbonyl (C=O) groups excluding carboxylic acids is 1. The van der Waals surface area contributed by atoms with Crippen molar-refractivity contribution < 1.29 is 4.79 Å². The van der Waals surface area contributed by atoms with Crippen LogP contribution in [-0.4, -0.2) is 5.78 Å². The molecule has 0 amide bonds. The summed E-state index contributed by atoms with van der Waals surface area (Å²) in [5.74, 6) is 0.0804. The van der Waals surface area contributed by atoms with Crippen LogP contribution in [0.15, 0.2) is 72.8 Å². The molecule has 0 fully saturated rings. The molecule has 1 aromatic rings. The average molecular weight is 232 g/mol. The third-order valence-electron chi connectivity index (χ3n) is 3.07. The van der Waals surface area contributed by atoms with E-state index in [1.165, 1.54) is 0 Å². The Morgan fingerprint density at radius 2 is 1.33 bits per heavy atom. The van der Waals surface area contributed by atoms with Crippen molar-refractivity contribution in [2.45, 2.75) is 0 Å². The molecule has 0 N–H and O–H groups in total. The lowest BCUT2D eigenvalue weighted by Gasteiger charge is -2.01. The Balaban J connectivity index is 2.10. The van der Waals surface area contributed by atoms with E-state index in [-0.39, 0.29) is 5.78 Å². The van der Waals surface area contributed by atoms with Crippen LogP contribution in [0.5, 0.6) is 0 Å². The first-order valence-corrected chi connectivity index (χ1v) is 5.94. The quantitative estimate of drug-likeness (QED) is 0.610. The molecule has 2 aliphatic carbocycles. The summed E-state index contributed by atoms with van der Waals surface area (Å²) in [6, 6.07) is 23.2. The molecule has 0 atom stereocenters. The lowest BCUT2D eigenvalue weighted by atomic mass is 10.0. The van der Waals surface area contributed by atoms with E-state index >= 15 is 0 Å². The number of rotatable bonds is 2. The lowest BCUT2D eigenvalue weighted by molar-refractivity contribution is 0.103. The van der Waals surface area contributed by atoms with Crippen molar-refractivity contribution in [1.29, 1.82) is 0 Å². The van der Waals surface area contributed by atoms with Crippen molar-refractivity contribution >= 4 is 5.78 Å². The number of hydrogen-bond acceptors (Lipinski definition) is 1. The highest BCUT2D eigenvalue weighted by molar-refractivity contribution is 6.13. The highest BCUT2D eigenvalue weighted by Crippen LogP contribution is 2.28. The van der Waals surface area contributed by atoms with E-state index in [0.717, 1.165) is 22.3 Å². The van der Waals surface area contributed by atoms with E-state index in [0.29, 0.717) is 0 Å². The molecule has 86 valence electrons. The summed E-state index contributed by atoms with van der Waals surface area (Å²) in [5.41, 5.74) is 3.61. The van der Waals surface area contributed by atoms with Crippen LogP contribution in [0.2, 0.25) is 0 Å². The van der Waals surface area contributed by atoms with Crippen molar-refractivity contribution in [3.05, 3.63) is 83.9 Å². The normalized spacial score (nSPS) is 10.4. The van der Waals surface area contributed by atoms with Crippen LogP contribution in [0.3, 0.4) is 0 Å². The molecule has 0 saturated heterocycles. The van der Waals surface area contributed by atoms with E-state index in [1.54, 1.807) is 0 Å². The maximum absolute atomic E-state index is 12.4. The molecule has 0 radical (unpaired) electrons. The molecule has 1 heteroatoms. The molecule has 0 spiro atoms. The van der Waals surface area contributed by atoms with Crippen LogP contribution in [0.1, 0.15) is 15.9 Å². The van der Waals surface area contributed by atoms with Gasteiger partial charge in [0.1, 0.15) is 0 Å². The number of ketones is 1. The van der Waals surface area contributed by atoms with Crippen molar-refractivity contribution in [2.24, 2.45) is 0 Å². The molecular weight excluding hydrogens is 220 g/mol. The Kier molecular flexibility index (Phi) is 2.66. The Morgan fingerprint density at radius 3 is 2.11 bits per heavy atom. The molecule has 0 heterocycles. The maximum Gasteiger partial charge on any atom is 0.193 e. The van der Waals surface area contributed by atoms with Gasteiger partial charge in [-0.1, -0.05) is 66.7 Å². The van der Waals surface area contributed by atoms with Gasteiger partial charge in [-0.05, 0) is 17.2 Å². The Labute approximate surface area is 106 Å². The fourth-order valence-electron chi connectivity index (χ4n) is 2.16. The number of fused-ring (bicyclic) bond motifs is 1. The monoisotopic (exact) mass is 232 g/mol. The predicted octanol–water partition coefficient (Wildman–Crippen LogP) is 4.02. The van der Waals surface area contributed by atoms with Gasteiger partial charge in [-0.25, -0.2) is 0 Å². The van der Waals surface area contributed by atoms with E-state index < -0.39 is 0 Å². The van der Waals surface area contributed by atoms with Crippen LogP contribution in [0.25, 0.3) is 11.1 Å². The molecule has 1 aromatic carbocycles. The highest BCUT2D eigenvalue weighted by Gasteiger charge is 2.15. The van der Waals surface area contributed by atoms with Crippen molar-refractivity contribution in [1.82, 2.24) is 0 Å². The van der Waals surface area contributed by atoms with Gasteiger partial charge in [-0.2, -0.15) is 0 Å². The molecule has 3 rings (SSSR count). The van der Waals surface area contributed by atoms with Gasteiger partial charge in [0, 0.05) is 11.1 Å². The molecule has 18 heavy (non-hydrogen) atoms. The largest absolute Gasteiger partial charge is 0.289 e. The lowest BCUT2D eigenvalue weighted by Crippen LogP contribution is -2.00.